The van der Waals surface area contributed by atoms with Gasteiger partial charge in [-0.25, -0.2) is 0 Å². The molecule has 0 bridgehead atoms. The van der Waals surface area contributed by atoms with Crippen molar-refractivity contribution in [3.63, 3.8) is 0 Å². The fraction of sp³-hybridized carbons (Fsp3) is 0.250. The van der Waals surface area contributed by atoms with Crippen LogP contribution in [0.15, 0.2) is 36.4 Å². The summed E-state index contributed by atoms with van der Waals surface area (Å²) in [7, 11) is 1.50. The largest absolute Gasteiger partial charge is 0.486 e. The normalized spacial score (nSPS) is 13.1. The monoisotopic (exact) mass is 345 g/mol. The van der Waals surface area contributed by atoms with Gasteiger partial charge in [0.25, 0.3) is 0 Å². The number of benzene rings is 2. The van der Waals surface area contributed by atoms with Crippen molar-refractivity contribution in [3.8, 4) is 22.6 Å². The molecule has 1 aliphatic rings. The third-order valence-electron chi connectivity index (χ3n) is 3.14. The maximum Gasteiger partial charge on any atom is 0.417 e. The Hall–Kier alpha value is -1.92. The van der Waals surface area contributed by atoms with Crippen molar-refractivity contribution in [3.05, 3.63) is 47.0 Å². The first-order valence-corrected chi connectivity index (χ1v) is 7.18. The van der Waals surface area contributed by atoms with Crippen LogP contribution in [0.4, 0.5) is 13.2 Å². The molecule has 3 nitrogen and oxygen atoms in total. The van der Waals surface area contributed by atoms with E-state index in [1.165, 1.54) is 19.2 Å². The highest BCUT2D eigenvalue weighted by atomic mass is 35.5. The number of ether oxygens (including phenoxy) is 2. The first-order valence-electron chi connectivity index (χ1n) is 6.80. The van der Waals surface area contributed by atoms with Gasteiger partial charge in [-0.05, 0) is 30.8 Å². The lowest BCUT2D eigenvalue weighted by Gasteiger charge is -2.22. The summed E-state index contributed by atoms with van der Waals surface area (Å²) in [5.41, 5.74) is 4.07. The van der Waals surface area contributed by atoms with E-state index in [4.69, 9.17) is 21.1 Å². The summed E-state index contributed by atoms with van der Waals surface area (Å²) in [6, 6.07) is 8.57. The average molecular weight is 346 g/mol. The number of para-hydroxylation sites is 1. The van der Waals surface area contributed by atoms with E-state index in [9.17, 15) is 13.2 Å². The van der Waals surface area contributed by atoms with Gasteiger partial charge in [-0.3, -0.25) is 0 Å². The molecule has 0 aliphatic carbocycles. The van der Waals surface area contributed by atoms with Crippen LogP contribution >= 0.6 is 11.6 Å². The van der Waals surface area contributed by atoms with E-state index in [0.717, 1.165) is 6.07 Å². The second-order valence-electron chi connectivity index (χ2n) is 4.52. The lowest BCUT2D eigenvalue weighted by atomic mass is 9.98. The van der Waals surface area contributed by atoms with Gasteiger partial charge in [0, 0.05) is 10.6 Å². The van der Waals surface area contributed by atoms with Gasteiger partial charge < -0.3 is 15.2 Å². The molecule has 0 spiro atoms. The molecule has 2 aromatic carbocycles. The Morgan fingerprint density at radius 2 is 1.70 bits per heavy atom. The molecule has 7 heteroatoms. The van der Waals surface area contributed by atoms with Crippen LogP contribution < -0.4 is 15.2 Å². The molecule has 0 aromatic heterocycles. The van der Waals surface area contributed by atoms with Gasteiger partial charge >= 0.3 is 6.18 Å². The molecule has 23 heavy (non-hydrogen) atoms. The number of hydrogen-bond donors (Lipinski definition) is 1. The Balaban J connectivity index is 0.000000924. The van der Waals surface area contributed by atoms with Crippen LogP contribution in [0.3, 0.4) is 0 Å². The van der Waals surface area contributed by atoms with E-state index >= 15 is 0 Å². The van der Waals surface area contributed by atoms with Gasteiger partial charge in [-0.15, -0.1) is 0 Å². The highest BCUT2D eigenvalue weighted by Gasteiger charge is 2.35. The molecule has 2 N–H and O–H groups in total. The second-order valence-corrected chi connectivity index (χ2v) is 4.95. The highest BCUT2D eigenvalue weighted by molar-refractivity contribution is 6.30. The van der Waals surface area contributed by atoms with Gasteiger partial charge in [0.15, 0.2) is 11.5 Å². The van der Waals surface area contributed by atoms with Crippen LogP contribution in [-0.4, -0.2) is 20.3 Å². The molecule has 2 aromatic rings. The highest BCUT2D eigenvalue weighted by Crippen LogP contribution is 2.45. The lowest BCUT2D eigenvalue weighted by molar-refractivity contribution is -0.137. The van der Waals surface area contributed by atoms with Crippen molar-refractivity contribution in [1.29, 1.82) is 0 Å². The fourth-order valence-corrected chi connectivity index (χ4v) is 2.44. The number of hydrogen-bond acceptors (Lipinski definition) is 3. The molecule has 0 atom stereocenters. The van der Waals surface area contributed by atoms with E-state index in [2.05, 4.69) is 5.73 Å². The summed E-state index contributed by atoms with van der Waals surface area (Å²) < 4.78 is 50.5. The molecule has 0 fully saturated rings. The Morgan fingerprint density at radius 3 is 2.39 bits per heavy atom. The summed E-state index contributed by atoms with van der Waals surface area (Å²) in [6.07, 6.45) is -4.50. The van der Waals surface area contributed by atoms with E-state index in [1.807, 2.05) is 0 Å². The standard InChI is InChI=1S/C15H10ClF3O2.CH5N/c16-9-4-5-10(12(8-9)15(17,18)19)11-2-1-3-13-14(11)21-7-6-20-13;1-2/h1-5,8H,6-7H2;2H2,1H3. The number of alkyl halides is 3. The lowest BCUT2D eigenvalue weighted by Crippen LogP contribution is -2.16. The van der Waals surface area contributed by atoms with Crippen LogP contribution in [-0.2, 0) is 6.18 Å². The predicted molar refractivity (Wildman–Crippen MR) is 83.0 cm³/mol. The summed E-state index contributed by atoms with van der Waals surface area (Å²) in [5, 5.41) is 0.0352. The number of halogens is 4. The molecule has 0 saturated heterocycles. The maximum atomic E-state index is 13.2. The second kappa shape index (κ2) is 7.10. The van der Waals surface area contributed by atoms with Crippen molar-refractivity contribution >= 4 is 11.6 Å². The molecule has 124 valence electrons. The summed E-state index contributed by atoms with van der Waals surface area (Å²) >= 11 is 5.70. The van der Waals surface area contributed by atoms with Crippen molar-refractivity contribution in [2.45, 2.75) is 6.18 Å². The smallest absolute Gasteiger partial charge is 0.417 e. The van der Waals surface area contributed by atoms with Gasteiger partial charge in [0.05, 0.1) is 5.56 Å². The fourth-order valence-electron chi connectivity index (χ4n) is 2.27. The summed E-state index contributed by atoms with van der Waals surface area (Å²) in [6.45, 7) is 0.683. The van der Waals surface area contributed by atoms with Gasteiger partial charge in [-0.1, -0.05) is 29.8 Å². The SMILES string of the molecule is CN.FC(F)(F)c1cc(Cl)ccc1-c1cccc2c1OCCO2. The van der Waals surface area contributed by atoms with Crippen LogP contribution in [0.5, 0.6) is 11.5 Å². The molecule has 1 heterocycles. The zero-order valence-corrected chi connectivity index (χ0v) is 13.0. The molecule has 3 rings (SSSR count). The molecule has 0 saturated carbocycles. The minimum Gasteiger partial charge on any atom is -0.486 e. The van der Waals surface area contributed by atoms with Gasteiger partial charge in [0.2, 0.25) is 0 Å². The van der Waals surface area contributed by atoms with E-state index in [0.29, 0.717) is 30.3 Å². The van der Waals surface area contributed by atoms with Crippen molar-refractivity contribution in [2.24, 2.45) is 5.73 Å². The Morgan fingerprint density at radius 1 is 1.00 bits per heavy atom. The van der Waals surface area contributed by atoms with Crippen LogP contribution in [0.2, 0.25) is 5.02 Å². The molecule has 0 amide bonds. The van der Waals surface area contributed by atoms with E-state index in [1.54, 1.807) is 18.2 Å². The zero-order valence-electron chi connectivity index (χ0n) is 12.3. The van der Waals surface area contributed by atoms with Crippen molar-refractivity contribution in [1.82, 2.24) is 0 Å². The summed E-state index contributed by atoms with van der Waals surface area (Å²) in [4.78, 5) is 0. The Kier molecular flexibility index (Phi) is 5.38. The van der Waals surface area contributed by atoms with Gasteiger partial charge in [0.1, 0.15) is 13.2 Å². The Labute approximate surface area is 136 Å². The zero-order chi connectivity index (χ0) is 17.0. The van der Waals surface area contributed by atoms with Crippen LogP contribution in [0, 0.1) is 0 Å². The molecular weight excluding hydrogens is 331 g/mol. The van der Waals surface area contributed by atoms with Crippen molar-refractivity contribution < 1.29 is 22.6 Å². The number of nitrogens with two attached hydrogens (primary N) is 1. The van der Waals surface area contributed by atoms with E-state index < -0.39 is 11.7 Å². The molecule has 1 aliphatic heterocycles. The topological polar surface area (TPSA) is 44.5 Å². The van der Waals surface area contributed by atoms with Crippen molar-refractivity contribution in [2.75, 3.05) is 20.3 Å². The van der Waals surface area contributed by atoms with Crippen LogP contribution in [0.1, 0.15) is 5.56 Å². The molecule has 0 radical (unpaired) electrons. The van der Waals surface area contributed by atoms with Crippen LogP contribution in [0.25, 0.3) is 11.1 Å². The average Bonchev–Trinajstić information content (AvgIpc) is 2.55. The quantitative estimate of drug-likeness (QED) is 0.834. The number of fused-ring (bicyclic) bond motifs is 1. The van der Waals surface area contributed by atoms with Gasteiger partial charge in [-0.2, -0.15) is 13.2 Å². The minimum atomic E-state index is -4.50. The maximum absolute atomic E-state index is 13.2. The first kappa shape index (κ1) is 17.4. The minimum absolute atomic E-state index is 0.0225. The third-order valence-corrected chi connectivity index (χ3v) is 3.38. The first-order chi connectivity index (χ1) is 11.0. The molecule has 0 unspecified atom stereocenters. The predicted octanol–water partition coefficient (Wildman–Crippen LogP) is 4.37. The Bertz CT molecular complexity index is 690. The number of rotatable bonds is 1. The summed E-state index contributed by atoms with van der Waals surface area (Å²) in [5.74, 6) is 0.776. The molecular formula is C16H15ClF3NO2. The third kappa shape index (κ3) is 3.71. The van der Waals surface area contributed by atoms with E-state index in [-0.39, 0.29) is 10.6 Å².